The Morgan fingerprint density at radius 3 is 2.63 bits per heavy atom. The summed E-state index contributed by atoms with van der Waals surface area (Å²) in [6.07, 6.45) is -1.96. The normalized spacial score (nSPS) is 10.9. The number of rotatable bonds is 7. The summed E-state index contributed by atoms with van der Waals surface area (Å²) in [7, 11) is 1.47. The van der Waals surface area contributed by atoms with E-state index >= 15 is 0 Å². The van der Waals surface area contributed by atoms with Gasteiger partial charge in [0.05, 0.1) is 17.7 Å². The van der Waals surface area contributed by atoms with Crippen molar-refractivity contribution < 1.29 is 28.0 Å². The zero-order chi connectivity index (χ0) is 20.3. The molecule has 0 spiro atoms. The minimum absolute atomic E-state index is 0.00383. The summed E-state index contributed by atoms with van der Waals surface area (Å²) in [5, 5.41) is 20.7. The van der Waals surface area contributed by atoms with E-state index in [-0.39, 0.29) is 23.7 Å². The van der Waals surface area contributed by atoms with E-state index in [0.29, 0.717) is 0 Å². The van der Waals surface area contributed by atoms with E-state index in [2.05, 4.69) is 15.5 Å². The molecule has 0 fully saturated rings. The number of alkyl halides is 2. The Morgan fingerprint density at radius 1 is 1.44 bits per heavy atom. The van der Waals surface area contributed by atoms with E-state index in [0.717, 1.165) is 4.68 Å². The number of halogens is 2. The first-order valence-corrected chi connectivity index (χ1v) is 7.66. The Kier molecular flexibility index (Phi) is 5.82. The van der Waals surface area contributed by atoms with Crippen LogP contribution in [0.1, 0.15) is 35.1 Å². The Balaban J connectivity index is 2.25. The number of aryl methyl sites for hydroxylation is 1. The molecule has 0 atom stereocenters. The van der Waals surface area contributed by atoms with E-state index in [4.69, 9.17) is 4.74 Å². The number of anilines is 1. The summed E-state index contributed by atoms with van der Waals surface area (Å²) in [4.78, 5) is 34.1. The second-order valence-electron chi connectivity index (χ2n) is 5.33. The van der Waals surface area contributed by atoms with Crippen molar-refractivity contribution in [2.75, 3.05) is 11.9 Å². The molecular formula is C14H16F2N6O5. The van der Waals surface area contributed by atoms with Gasteiger partial charge in [0, 0.05) is 7.05 Å². The van der Waals surface area contributed by atoms with Crippen LogP contribution < -0.4 is 5.32 Å². The molecule has 0 aliphatic rings. The topological polar surface area (TPSA) is 134 Å². The maximum absolute atomic E-state index is 12.9. The lowest BCUT2D eigenvalue weighted by atomic mass is 10.3. The van der Waals surface area contributed by atoms with Gasteiger partial charge in [0.1, 0.15) is 23.6 Å². The van der Waals surface area contributed by atoms with Gasteiger partial charge < -0.3 is 10.1 Å². The van der Waals surface area contributed by atoms with Crippen molar-refractivity contribution >= 4 is 23.4 Å². The highest BCUT2D eigenvalue weighted by atomic mass is 19.3. The van der Waals surface area contributed by atoms with Gasteiger partial charge >= 0.3 is 11.7 Å². The molecule has 27 heavy (non-hydrogen) atoms. The first-order valence-electron chi connectivity index (χ1n) is 7.66. The Labute approximate surface area is 151 Å². The van der Waals surface area contributed by atoms with Gasteiger partial charge in [-0.05, 0) is 13.8 Å². The third-order valence-corrected chi connectivity index (χ3v) is 3.58. The molecule has 0 saturated heterocycles. The average molecular weight is 386 g/mol. The molecule has 0 aliphatic carbocycles. The number of nitrogens with zero attached hydrogens (tertiary/aromatic N) is 5. The summed E-state index contributed by atoms with van der Waals surface area (Å²) < 4.78 is 32.8. The van der Waals surface area contributed by atoms with Crippen LogP contribution in [0, 0.1) is 17.0 Å². The molecule has 11 nitrogen and oxygen atoms in total. The zero-order valence-electron chi connectivity index (χ0n) is 14.6. The fourth-order valence-corrected chi connectivity index (χ4v) is 2.34. The summed E-state index contributed by atoms with van der Waals surface area (Å²) in [5.74, 6) is -1.41. The number of aromatic nitrogens is 4. The van der Waals surface area contributed by atoms with Gasteiger partial charge in [-0.1, -0.05) is 0 Å². The Hall–Kier alpha value is -3.38. The third-order valence-electron chi connectivity index (χ3n) is 3.58. The summed E-state index contributed by atoms with van der Waals surface area (Å²) in [5.41, 5.74) is -2.05. The molecule has 13 heteroatoms. The van der Waals surface area contributed by atoms with Crippen LogP contribution in [0.15, 0.2) is 6.20 Å². The number of nitrogens with one attached hydrogen (secondary N) is 1. The quantitative estimate of drug-likeness (QED) is 0.434. The fraction of sp³-hybridized carbons (Fsp3) is 0.429. The molecule has 2 aromatic rings. The molecular weight excluding hydrogens is 370 g/mol. The second-order valence-corrected chi connectivity index (χ2v) is 5.33. The van der Waals surface area contributed by atoms with Gasteiger partial charge in [-0.15, -0.1) is 0 Å². The average Bonchev–Trinajstić information content (AvgIpc) is 3.09. The highest BCUT2D eigenvalue weighted by Crippen LogP contribution is 2.30. The maximum Gasteiger partial charge on any atom is 0.343 e. The Morgan fingerprint density at radius 2 is 2.11 bits per heavy atom. The van der Waals surface area contributed by atoms with Gasteiger partial charge in [0.2, 0.25) is 11.6 Å². The van der Waals surface area contributed by atoms with E-state index in [1.54, 1.807) is 6.92 Å². The van der Waals surface area contributed by atoms with Crippen molar-refractivity contribution in [1.82, 2.24) is 19.6 Å². The van der Waals surface area contributed by atoms with Crippen LogP contribution in [0.3, 0.4) is 0 Å². The second kappa shape index (κ2) is 7.88. The molecule has 0 radical (unpaired) electrons. The van der Waals surface area contributed by atoms with E-state index < -0.39 is 41.2 Å². The van der Waals surface area contributed by atoms with Gasteiger partial charge in [-0.3, -0.25) is 24.3 Å². The van der Waals surface area contributed by atoms with Gasteiger partial charge in [0.15, 0.2) is 0 Å². The molecule has 0 aromatic carbocycles. The molecule has 0 aliphatic heterocycles. The largest absolute Gasteiger partial charge is 0.462 e. The fourth-order valence-electron chi connectivity index (χ4n) is 2.34. The first kappa shape index (κ1) is 19.9. The number of esters is 1. The van der Waals surface area contributed by atoms with Crippen LogP contribution in [-0.2, 0) is 23.1 Å². The highest BCUT2D eigenvalue weighted by Gasteiger charge is 2.31. The monoisotopic (exact) mass is 386 g/mol. The number of nitro groups is 1. The standard InChI is InChI=1S/C14H16F2N6O5/c1-4-27-14(24)8-5-17-20(3)13(8)18-9(23)6-21-7(2)11(22(25)26)10(19-21)12(15)16/h5,12H,4,6H2,1-3H3,(H,18,23). The summed E-state index contributed by atoms with van der Waals surface area (Å²) in [6, 6.07) is 0. The maximum atomic E-state index is 12.9. The third kappa shape index (κ3) is 4.07. The van der Waals surface area contributed by atoms with Crippen LogP contribution >= 0.6 is 0 Å². The van der Waals surface area contributed by atoms with Gasteiger partial charge in [-0.25, -0.2) is 13.6 Å². The van der Waals surface area contributed by atoms with Crippen LogP contribution in [0.2, 0.25) is 0 Å². The minimum Gasteiger partial charge on any atom is -0.462 e. The molecule has 0 unspecified atom stereocenters. The van der Waals surface area contributed by atoms with Crippen LogP contribution in [0.5, 0.6) is 0 Å². The lowest BCUT2D eigenvalue weighted by Gasteiger charge is -2.09. The molecule has 2 heterocycles. The van der Waals surface area contributed by atoms with Gasteiger partial charge in [0.25, 0.3) is 6.43 Å². The van der Waals surface area contributed by atoms with Crippen molar-refractivity contribution in [3.05, 3.63) is 33.3 Å². The summed E-state index contributed by atoms with van der Waals surface area (Å²) >= 11 is 0. The number of hydrogen-bond donors (Lipinski definition) is 1. The van der Waals surface area contributed by atoms with Crippen LogP contribution in [0.4, 0.5) is 20.3 Å². The number of hydrogen-bond acceptors (Lipinski definition) is 7. The lowest BCUT2D eigenvalue weighted by molar-refractivity contribution is -0.386. The molecule has 1 N–H and O–H groups in total. The van der Waals surface area contributed by atoms with Crippen molar-refractivity contribution in [3.8, 4) is 0 Å². The highest BCUT2D eigenvalue weighted by molar-refractivity contribution is 6.00. The number of ether oxygens (including phenoxy) is 1. The van der Waals surface area contributed by atoms with E-state index in [1.807, 2.05) is 0 Å². The number of amides is 1. The van der Waals surface area contributed by atoms with Crippen molar-refractivity contribution in [2.24, 2.45) is 7.05 Å². The minimum atomic E-state index is -3.17. The van der Waals surface area contributed by atoms with Crippen molar-refractivity contribution in [2.45, 2.75) is 26.8 Å². The first-order chi connectivity index (χ1) is 12.7. The van der Waals surface area contributed by atoms with Crippen LogP contribution in [-0.4, -0.2) is 43.0 Å². The van der Waals surface area contributed by atoms with Crippen molar-refractivity contribution in [1.29, 1.82) is 0 Å². The molecule has 146 valence electrons. The molecule has 0 saturated carbocycles. The van der Waals surface area contributed by atoms with Crippen LogP contribution in [0.25, 0.3) is 0 Å². The smallest absolute Gasteiger partial charge is 0.343 e. The molecule has 0 bridgehead atoms. The molecule has 1 amide bonds. The van der Waals surface area contributed by atoms with E-state index in [1.165, 1.54) is 24.9 Å². The molecule has 2 aromatic heterocycles. The van der Waals surface area contributed by atoms with E-state index in [9.17, 15) is 28.5 Å². The summed E-state index contributed by atoms with van der Waals surface area (Å²) in [6.45, 7) is 2.36. The Bertz CT molecular complexity index is 891. The SMILES string of the molecule is CCOC(=O)c1cnn(C)c1NC(=O)Cn1nc(C(F)F)c([N+](=O)[O-])c1C. The molecule has 2 rings (SSSR count). The lowest BCUT2D eigenvalue weighted by Crippen LogP contribution is -2.23. The van der Waals surface area contributed by atoms with Gasteiger partial charge in [-0.2, -0.15) is 10.2 Å². The predicted octanol–water partition coefficient (Wildman–Crippen LogP) is 1.59. The van der Waals surface area contributed by atoms with Crippen molar-refractivity contribution in [3.63, 3.8) is 0 Å². The number of carbonyl (C=O) groups is 2. The number of carbonyl (C=O) groups excluding carboxylic acids is 2. The zero-order valence-corrected chi connectivity index (χ0v) is 14.6. The predicted molar refractivity (Wildman–Crippen MR) is 86.4 cm³/mol.